The number of oxazole rings is 1. The van der Waals surface area contributed by atoms with Crippen LogP contribution < -0.4 is 4.90 Å². The summed E-state index contributed by atoms with van der Waals surface area (Å²) in [6.07, 6.45) is 1.49. The zero-order chi connectivity index (χ0) is 15.8. The molecule has 0 spiro atoms. The van der Waals surface area contributed by atoms with Crippen molar-refractivity contribution in [2.45, 2.75) is 0 Å². The molecule has 1 amide bonds. The molecule has 0 aliphatic carbocycles. The Labute approximate surface area is 131 Å². The van der Waals surface area contributed by atoms with Crippen molar-refractivity contribution in [3.05, 3.63) is 48.2 Å². The largest absolute Gasteiger partial charge is 0.459 e. The molecule has 2 aromatic heterocycles. The van der Waals surface area contributed by atoms with Gasteiger partial charge in [-0.25, -0.2) is 4.39 Å². The first-order chi connectivity index (χ1) is 11.2. The number of halogens is 1. The van der Waals surface area contributed by atoms with Gasteiger partial charge in [-0.05, 0) is 24.3 Å². The molecule has 7 heteroatoms. The third-order valence-corrected chi connectivity index (χ3v) is 3.91. The van der Waals surface area contributed by atoms with E-state index in [1.54, 1.807) is 23.1 Å². The van der Waals surface area contributed by atoms with Crippen molar-refractivity contribution in [3.8, 4) is 0 Å². The molecule has 0 radical (unpaired) electrons. The molecule has 3 aromatic rings. The van der Waals surface area contributed by atoms with Crippen molar-refractivity contribution in [1.29, 1.82) is 0 Å². The van der Waals surface area contributed by atoms with E-state index in [-0.39, 0.29) is 11.7 Å². The van der Waals surface area contributed by atoms with Crippen molar-refractivity contribution in [2.24, 2.45) is 0 Å². The molecule has 1 aromatic carbocycles. The quantitative estimate of drug-likeness (QED) is 0.727. The number of piperazine rings is 1. The van der Waals surface area contributed by atoms with Gasteiger partial charge in [0.15, 0.2) is 11.3 Å². The number of rotatable bonds is 2. The maximum absolute atomic E-state index is 13.2. The zero-order valence-corrected chi connectivity index (χ0v) is 12.2. The maximum Gasteiger partial charge on any atom is 0.298 e. The summed E-state index contributed by atoms with van der Waals surface area (Å²) < 4.78 is 24.0. The second-order valence-corrected chi connectivity index (χ2v) is 5.37. The van der Waals surface area contributed by atoms with E-state index in [1.807, 2.05) is 4.90 Å². The second-order valence-electron chi connectivity index (χ2n) is 5.37. The van der Waals surface area contributed by atoms with Gasteiger partial charge in [-0.1, -0.05) is 0 Å². The van der Waals surface area contributed by atoms with Gasteiger partial charge in [0.1, 0.15) is 11.3 Å². The van der Waals surface area contributed by atoms with Gasteiger partial charge in [-0.15, -0.1) is 0 Å². The molecular formula is C16H14FN3O3. The van der Waals surface area contributed by atoms with Crippen LogP contribution in [0.15, 0.2) is 45.4 Å². The van der Waals surface area contributed by atoms with Crippen LogP contribution in [0.1, 0.15) is 10.6 Å². The SMILES string of the molecule is O=C(c1ccco1)N1CCN(c2nc3ccc(F)cc3o2)CC1. The highest BCUT2D eigenvalue weighted by molar-refractivity contribution is 5.91. The second kappa shape index (κ2) is 5.42. The number of carbonyl (C=O) groups is 1. The average molecular weight is 315 g/mol. The Bertz CT molecular complexity index is 836. The number of carbonyl (C=O) groups excluding carboxylic acids is 1. The lowest BCUT2D eigenvalue weighted by molar-refractivity contribution is 0.0713. The van der Waals surface area contributed by atoms with Gasteiger partial charge in [0.05, 0.1) is 6.26 Å². The van der Waals surface area contributed by atoms with Gasteiger partial charge >= 0.3 is 0 Å². The normalized spacial score (nSPS) is 15.3. The molecule has 118 valence electrons. The lowest BCUT2D eigenvalue weighted by atomic mass is 10.3. The van der Waals surface area contributed by atoms with Crippen LogP contribution in [-0.2, 0) is 0 Å². The molecule has 0 unspecified atom stereocenters. The average Bonchev–Trinajstić information content (AvgIpc) is 3.23. The fourth-order valence-electron chi connectivity index (χ4n) is 2.68. The van der Waals surface area contributed by atoms with Gasteiger partial charge < -0.3 is 18.6 Å². The van der Waals surface area contributed by atoms with Crippen molar-refractivity contribution < 1.29 is 18.0 Å². The van der Waals surface area contributed by atoms with E-state index in [0.29, 0.717) is 49.1 Å². The molecule has 3 heterocycles. The number of fused-ring (bicyclic) bond motifs is 1. The monoisotopic (exact) mass is 315 g/mol. The number of benzene rings is 1. The minimum Gasteiger partial charge on any atom is -0.459 e. The Balaban J connectivity index is 1.47. The van der Waals surface area contributed by atoms with E-state index in [1.165, 1.54) is 18.4 Å². The number of amides is 1. The highest BCUT2D eigenvalue weighted by Crippen LogP contribution is 2.23. The summed E-state index contributed by atoms with van der Waals surface area (Å²) in [6.45, 7) is 2.29. The Morgan fingerprint density at radius 1 is 1.17 bits per heavy atom. The first kappa shape index (κ1) is 13.8. The number of hydrogen-bond acceptors (Lipinski definition) is 5. The predicted molar refractivity (Wildman–Crippen MR) is 80.8 cm³/mol. The van der Waals surface area contributed by atoms with Crippen molar-refractivity contribution >= 4 is 23.0 Å². The van der Waals surface area contributed by atoms with E-state index in [4.69, 9.17) is 8.83 Å². The van der Waals surface area contributed by atoms with Crippen LogP contribution in [0.2, 0.25) is 0 Å². The molecular weight excluding hydrogens is 301 g/mol. The van der Waals surface area contributed by atoms with Gasteiger partial charge in [0, 0.05) is 32.2 Å². The van der Waals surface area contributed by atoms with E-state index in [9.17, 15) is 9.18 Å². The Morgan fingerprint density at radius 2 is 2.00 bits per heavy atom. The fraction of sp³-hybridized carbons (Fsp3) is 0.250. The third-order valence-electron chi connectivity index (χ3n) is 3.91. The summed E-state index contributed by atoms with van der Waals surface area (Å²) in [5, 5.41) is 0. The molecule has 0 bridgehead atoms. The van der Waals surface area contributed by atoms with Gasteiger partial charge in [-0.2, -0.15) is 4.98 Å². The third kappa shape index (κ3) is 2.54. The number of hydrogen-bond donors (Lipinski definition) is 0. The summed E-state index contributed by atoms with van der Waals surface area (Å²) in [5.41, 5.74) is 1.05. The van der Waals surface area contributed by atoms with Gasteiger partial charge in [0.25, 0.3) is 11.9 Å². The molecule has 23 heavy (non-hydrogen) atoms. The van der Waals surface area contributed by atoms with Gasteiger partial charge in [0.2, 0.25) is 0 Å². The van der Waals surface area contributed by atoms with Crippen LogP contribution in [0.4, 0.5) is 10.4 Å². The minimum atomic E-state index is -0.353. The topological polar surface area (TPSA) is 62.7 Å². The molecule has 0 saturated carbocycles. The number of aromatic nitrogens is 1. The number of nitrogens with zero attached hydrogens (tertiary/aromatic N) is 3. The molecule has 1 saturated heterocycles. The van der Waals surface area contributed by atoms with E-state index in [0.717, 1.165) is 0 Å². The van der Waals surface area contributed by atoms with Crippen molar-refractivity contribution in [3.63, 3.8) is 0 Å². The van der Waals surface area contributed by atoms with E-state index < -0.39 is 0 Å². The fourth-order valence-corrected chi connectivity index (χ4v) is 2.68. The summed E-state index contributed by atoms with van der Waals surface area (Å²) in [5.74, 6) is -0.126. The lowest BCUT2D eigenvalue weighted by Gasteiger charge is -2.33. The van der Waals surface area contributed by atoms with Crippen molar-refractivity contribution in [1.82, 2.24) is 9.88 Å². The van der Waals surface area contributed by atoms with Crippen LogP contribution in [0, 0.1) is 5.82 Å². The smallest absolute Gasteiger partial charge is 0.298 e. The van der Waals surface area contributed by atoms with Gasteiger partial charge in [-0.3, -0.25) is 4.79 Å². The molecule has 1 aliphatic heterocycles. The highest BCUT2D eigenvalue weighted by atomic mass is 19.1. The summed E-state index contributed by atoms with van der Waals surface area (Å²) in [7, 11) is 0. The zero-order valence-electron chi connectivity index (χ0n) is 12.2. The first-order valence-corrected chi connectivity index (χ1v) is 7.34. The van der Waals surface area contributed by atoms with Crippen LogP contribution in [0.25, 0.3) is 11.1 Å². The summed E-state index contributed by atoms with van der Waals surface area (Å²) in [6, 6.07) is 8.08. The Morgan fingerprint density at radius 3 is 2.74 bits per heavy atom. The van der Waals surface area contributed by atoms with Crippen LogP contribution >= 0.6 is 0 Å². The molecule has 1 aliphatic rings. The van der Waals surface area contributed by atoms with E-state index >= 15 is 0 Å². The summed E-state index contributed by atoms with van der Waals surface area (Å²) in [4.78, 5) is 20.3. The molecule has 0 N–H and O–H groups in total. The molecule has 4 rings (SSSR count). The highest BCUT2D eigenvalue weighted by Gasteiger charge is 2.25. The standard InChI is InChI=1S/C16H14FN3O3/c17-11-3-4-12-14(10-11)23-16(18-12)20-7-5-19(6-8-20)15(21)13-2-1-9-22-13/h1-4,9-10H,5-8H2. The van der Waals surface area contributed by atoms with Crippen molar-refractivity contribution in [2.75, 3.05) is 31.1 Å². The minimum absolute atomic E-state index is 0.116. The molecule has 0 atom stereocenters. The Hall–Kier alpha value is -2.83. The number of furan rings is 1. The van der Waals surface area contributed by atoms with Crippen LogP contribution in [0.3, 0.4) is 0 Å². The predicted octanol–water partition coefficient (Wildman–Crippen LogP) is 2.52. The van der Waals surface area contributed by atoms with Crippen LogP contribution in [-0.4, -0.2) is 42.0 Å². The maximum atomic E-state index is 13.2. The molecule has 1 fully saturated rings. The lowest BCUT2D eigenvalue weighted by Crippen LogP contribution is -2.48. The first-order valence-electron chi connectivity index (χ1n) is 7.34. The van der Waals surface area contributed by atoms with Crippen LogP contribution in [0.5, 0.6) is 0 Å². The molecule has 6 nitrogen and oxygen atoms in total. The summed E-state index contributed by atoms with van der Waals surface area (Å²) >= 11 is 0. The Kier molecular flexibility index (Phi) is 3.25. The number of anilines is 1. The van der Waals surface area contributed by atoms with E-state index in [2.05, 4.69) is 4.98 Å².